The lowest BCUT2D eigenvalue weighted by Crippen LogP contribution is -2.32. The summed E-state index contributed by atoms with van der Waals surface area (Å²) in [6.07, 6.45) is 2.22. The van der Waals surface area contributed by atoms with E-state index < -0.39 is 0 Å². The summed E-state index contributed by atoms with van der Waals surface area (Å²) < 4.78 is 5.83. The average Bonchev–Trinajstić information content (AvgIpc) is 2.99. The molecule has 0 aliphatic carbocycles. The molecule has 1 aromatic carbocycles. The van der Waals surface area contributed by atoms with E-state index in [9.17, 15) is 4.79 Å². The Morgan fingerprint density at radius 1 is 1.38 bits per heavy atom. The Morgan fingerprint density at radius 3 is 2.76 bits per heavy atom. The predicted octanol–water partition coefficient (Wildman–Crippen LogP) is 2.67. The molecule has 2 rings (SSSR count). The molecule has 1 aliphatic rings. The Kier molecular flexibility index (Phi) is 5.62. The van der Waals surface area contributed by atoms with E-state index >= 15 is 0 Å². The summed E-state index contributed by atoms with van der Waals surface area (Å²) in [6.45, 7) is 9.02. The molecule has 116 valence electrons. The van der Waals surface area contributed by atoms with E-state index in [-0.39, 0.29) is 18.6 Å². The summed E-state index contributed by atoms with van der Waals surface area (Å²) in [6, 6.07) is 6.39. The monoisotopic (exact) mass is 290 g/mol. The SMILES string of the molecule is CCNC(C)c1ccc(C)cc1OCC(=O)N1CCCC1. The van der Waals surface area contributed by atoms with Gasteiger partial charge in [0.2, 0.25) is 0 Å². The number of likely N-dealkylation sites (tertiary alicyclic amines) is 1. The number of hydrogen-bond acceptors (Lipinski definition) is 3. The molecular formula is C17H26N2O2. The van der Waals surface area contributed by atoms with Crippen LogP contribution in [0.5, 0.6) is 5.75 Å². The van der Waals surface area contributed by atoms with Gasteiger partial charge in [-0.25, -0.2) is 0 Å². The number of rotatable bonds is 6. The standard InChI is InChI=1S/C17H26N2O2/c1-4-18-14(3)15-8-7-13(2)11-16(15)21-12-17(20)19-9-5-6-10-19/h7-8,11,14,18H,4-6,9-10,12H2,1-3H3. The Morgan fingerprint density at radius 2 is 2.10 bits per heavy atom. The lowest BCUT2D eigenvalue weighted by atomic mass is 10.0. The van der Waals surface area contributed by atoms with Crippen molar-refractivity contribution < 1.29 is 9.53 Å². The topological polar surface area (TPSA) is 41.6 Å². The highest BCUT2D eigenvalue weighted by Crippen LogP contribution is 2.26. The molecule has 4 heteroatoms. The third kappa shape index (κ3) is 4.21. The van der Waals surface area contributed by atoms with E-state index in [2.05, 4.69) is 31.3 Å². The van der Waals surface area contributed by atoms with Crippen molar-refractivity contribution >= 4 is 5.91 Å². The molecule has 1 fully saturated rings. The molecule has 0 saturated carbocycles. The molecule has 1 amide bonds. The van der Waals surface area contributed by atoms with Gasteiger partial charge in [-0.3, -0.25) is 4.79 Å². The predicted molar refractivity (Wildman–Crippen MR) is 84.6 cm³/mol. The number of hydrogen-bond donors (Lipinski definition) is 1. The van der Waals surface area contributed by atoms with E-state index in [4.69, 9.17) is 4.74 Å². The Balaban J connectivity index is 2.03. The average molecular weight is 290 g/mol. The first kappa shape index (κ1) is 15.8. The van der Waals surface area contributed by atoms with Gasteiger partial charge in [0.1, 0.15) is 5.75 Å². The number of amides is 1. The summed E-state index contributed by atoms with van der Waals surface area (Å²) in [5, 5.41) is 3.39. The fourth-order valence-corrected chi connectivity index (χ4v) is 2.74. The van der Waals surface area contributed by atoms with Gasteiger partial charge in [-0.15, -0.1) is 0 Å². The maximum atomic E-state index is 12.1. The van der Waals surface area contributed by atoms with Crippen molar-refractivity contribution in [3.05, 3.63) is 29.3 Å². The molecule has 0 bridgehead atoms. The van der Waals surface area contributed by atoms with Gasteiger partial charge < -0.3 is 15.0 Å². The quantitative estimate of drug-likeness (QED) is 0.876. The number of nitrogens with zero attached hydrogens (tertiary/aromatic N) is 1. The van der Waals surface area contributed by atoms with Crippen LogP contribution in [0.25, 0.3) is 0 Å². The van der Waals surface area contributed by atoms with Crippen LogP contribution in [0.4, 0.5) is 0 Å². The molecule has 1 aliphatic heterocycles. The summed E-state index contributed by atoms with van der Waals surface area (Å²) in [4.78, 5) is 14.0. The Labute approximate surface area is 127 Å². The van der Waals surface area contributed by atoms with Crippen LogP contribution in [0.1, 0.15) is 43.9 Å². The van der Waals surface area contributed by atoms with E-state index in [1.807, 2.05) is 17.9 Å². The zero-order valence-corrected chi connectivity index (χ0v) is 13.3. The van der Waals surface area contributed by atoms with Crippen molar-refractivity contribution in [1.82, 2.24) is 10.2 Å². The largest absolute Gasteiger partial charge is 0.483 e. The molecule has 4 nitrogen and oxygen atoms in total. The molecule has 1 saturated heterocycles. The normalized spacial score (nSPS) is 16.0. The molecule has 21 heavy (non-hydrogen) atoms. The zero-order valence-electron chi connectivity index (χ0n) is 13.3. The molecule has 1 unspecified atom stereocenters. The fourth-order valence-electron chi connectivity index (χ4n) is 2.74. The number of aryl methyl sites for hydroxylation is 1. The number of carbonyl (C=O) groups is 1. The van der Waals surface area contributed by atoms with Gasteiger partial charge in [-0.05, 0) is 44.9 Å². The number of ether oxygens (including phenoxy) is 1. The third-order valence-corrected chi connectivity index (χ3v) is 3.96. The van der Waals surface area contributed by atoms with Gasteiger partial charge in [0.05, 0.1) is 0 Å². The Hall–Kier alpha value is -1.55. The second-order valence-electron chi connectivity index (χ2n) is 5.70. The molecule has 1 aromatic rings. The summed E-state index contributed by atoms with van der Waals surface area (Å²) in [5.41, 5.74) is 2.25. The van der Waals surface area contributed by atoms with E-state index in [1.54, 1.807) is 0 Å². The van der Waals surface area contributed by atoms with Crippen molar-refractivity contribution in [2.75, 3.05) is 26.2 Å². The van der Waals surface area contributed by atoms with Crippen molar-refractivity contribution in [3.8, 4) is 5.75 Å². The summed E-state index contributed by atoms with van der Waals surface area (Å²) >= 11 is 0. The molecule has 1 heterocycles. The van der Waals surface area contributed by atoms with Gasteiger partial charge in [0.25, 0.3) is 5.91 Å². The van der Waals surface area contributed by atoms with Gasteiger partial charge in [0.15, 0.2) is 6.61 Å². The third-order valence-electron chi connectivity index (χ3n) is 3.96. The molecule has 1 atom stereocenters. The first-order valence-corrected chi connectivity index (χ1v) is 7.86. The number of benzene rings is 1. The lowest BCUT2D eigenvalue weighted by Gasteiger charge is -2.20. The maximum absolute atomic E-state index is 12.1. The zero-order chi connectivity index (χ0) is 15.2. The summed E-state index contributed by atoms with van der Waals surface area (Å²) in [5.74, 6) is 0.909. The smallest absolute Gasteiger partial charge is 0.260 e. The van der Waals surface area contributed by atoms with Gasteiger partial charge >= 0.3 is 0 Å². The maximum Gasteiger partial charge on any atom is 0.260 e. The van der Waals surface area contributed by atoms with Crippen LogP contribution in [0.2, 0.25) is 0 Å². The van der Waals surface area contributed by atoms with Gasteiger partial charge in [0, 0.05) is 24.7 Å². The van der Waals surface area contributed by atoms with E-state index in [1.165, 1.54) is 0 Å². The molecule has 0 aromatic heterocycles. The Bertz CT molecular complexity index is 482. The van der Waals surface area contributed by atoms with Crippen LogP contribution in [0, 0.1) is 6.92 Å². The minimum Gasteiger partial charge on any atom is -0.483 e. The van der Waals surface area contributed by atoms with Crippen LogP contribution < -0.4 is 10.1 Å². The molecule has 1 N–H and O–H groups in total. The van der Waals surface area contributed by atoms with Gasteiger partial charge in [-0.1, -0.05) is 19.1 Å². The second kappa shape index (κ2) is 7.46. The van der Waals surface area contributed by atoms with Crippen molar-refractivity contribution in [1.29, 1.82) is 0 Å². The molecular weight excluding hydrogens is 264 g/mol. The minimum atomic E-state index is 0.0936. The van der Waals surface area contributed by atoms with Crippen LogP contribution >= 0.6 is 0 Å². The molecule has 0 radical (unpaired) electrons. The van der Waals surface area contributed by atoms with Crippen molar-refractivity contribution in [2.45, 2.75) is 39.7 Å². The highest BCUT2D eigenvalue weighted by Gasteiger charge is 2.19. The highest BCUT2D eigenvalue weighted by atomic mass is 16.5. The minimum absolute atomic E-state index is 0.0936. The van der Waals surface area contributed by atoms with Crippen LogP contribution in [-0.4, -0.2) is 37.0 Å². The molecule has 0 spiro atoms. The number of carbonyl (C=O) groups excluding carboxylic acids is 1. The van der Waals surface area contributed by atoms with Gasteiger partial charge in [-0.2, -0.15) is 0 Å². The van der Waals surface area contributed by atoms with Crippen molar-refractivity contribution in [2.24, 2.45) is 0 Å². The van der Waals surface area contributed by atoms with E-state index in [0.29, 0.717) is 0 Å². The number of nitrogens with one attached hydrogen (secondary N) is 1. The van der Waals surface area contributed by atoms with Crippen molar-refractivity contribution in [3.63, 3.8) is 0 Å². The van der Waals surface area contributed by atoms with Crippen LogP contribution in [0.15, 0.2) is 18.2 Å². The first-order valence-electron chi connectivity index (χ1n) is 7.86. The van der Waals surface area contributed by atoms with Crippen LogP contribution in [0.3, 0.4) is 0 Å². The second-order valence-corrected chi connectivity index (χ2v) is 5.70. The first-order chi connectivity index (χ1) is 10.1. The highest BCUT2D eigenvalue weighted by molar-refractivity contribution is 5.78. The lowest BCUT2D eigenvalue weighted by molar-refractivity contribution is -0.132. The van der Waals surface area contributed by atoms with Crippen LogP contribution in [-0.2, 0) is 4.79 Å². The fraction of sp³-hybridized carbons (Fsp3) is 0.588. The summed E-state index contributed by atoms with van der Waals surface area (Å²) in [7, 11) is 0. The van der Waals surface area contributed by atoms with E-state index in [0.717, 1.165) is 49.4 Å².